The lowest BCUT2D eigenvalue weighted by atomic mass is 10.2. The Bertz CT molecular complexity index is 260. The first-order valence-corrected chi connectivity index (χ1v) is 6.20. The third-order valence-corrected chi connectivity index (χ3v) is 3.36. The van der Waals surface area contributed by atoms with Crippen LogP contribution in [0.2, 0.25) is 0 Å². The molecule has 0 spiro atoms. The molecule has 0 fully saturated rings. The molecule has 0 aliphatic carbocycles. The molecular formula is C10H18BrN3. The van der Waals surface area contributed by atoms with Crippen LogP contribution < -0.4 is 0 Å². The highest BCUT2D eigenvalue weighted by molar-refractivity contribution is 9.09. The normalized spacial score (nSPS) is 13.1. The Morgan fingerprint density at radius 2 is 2.29 bits per heavy atom. The first-order valence-electron chi connectivity index (χ1n) is 5.28. The average molecular weight is 260 g/mol. The Morgan fingerprint density at radius 1 is 1.50 bits per heavy atom. The van der Waals surface area contributed by atoms with E-state index in [0.717, 1.165) is 31.6 Å². The van der Waals surface area contributed by atoms with Gasteiger partial charge in [0.1, 0.15) is 12.2 Å². The summed E-state index contributed by atoms with van der Waals surface area (Å²) in [5.74, 6) is 1.12. The summed E-state index contributed by atoms with van der Waals surface area (Å²) in [4.78, 5) is 4.88. The number of hydrogen-bond acceptors (Lipinski definition) is 2. The standard InChI is InChI=1S/C10H18BrN3/c1-3-7-14-10(12-8-13-14)6-5-9(11)4-2/h8-9H,3-7H2,1-2H3. The van der Waals surface area contributed by atoms with Crippen molar-refractivity contribution in [1.29, 1.82) is 0 Å². The number of hydrogen-bond donors (Lipinski definition) is 0. The maximum Gasteiger partial charge on any atom is 0.138 e. The molecule has 1 aromatic heterocycles. The van der Waals surface area contributed by atoms with Crippen molar-refractivity contribution in [2.75, 3.05) is 0 Å². The SMILES string of the molecule is CCCn1ncnc1CCC(Br)CC. The molecule has 80 valence electrons. The van der Waals surface area contributed by atoms with E-state index in [1.54, 1.807) is 6.33 Å². The van der Waals surface area contributed by atoms with Gasteiger partial charge in [-0.2, -0.15) is 5.10 Å². The smallest absolute Gasteiger partial charge is 0.138 e. The Labute approximate surface area is 94.0 Å². The quantitative estimate of drug-likeness (QED) is 0.736. The molecule has 0 aromatic carbocycles. The highest BCUT2D eigenvalue weighted by atomic mass is 79.9. The van der Waals surface area contributed by atoms with Gasteiger partial charge in [-0.25, -0.2) is 4.98 Å². The third-order valence-electron chi connectivity index (χ3n) is 2.26. The topological polar surface area (TPSA) is 30.7 Å². The lowest BCUT2D eigenvalue weighted by Crippen LogP contribution is -2.07. The van der Waals surface area contributed by atoms with E-state index in [4.69, 9.17) is 0 Å². The summed E-state index contributed by atoms with van der Waals surface area (Å²) in [5, 5.41) is 4.20. The van der Waals surface area contributed by atoms with Crippen molar-refractivity contribution >= 4 is 15.9 Å². The van der Waals surface area contributed by atoms with Gasteiger partial charge in [-0.3, -0.25) is 4.68 Å². The zero-order valence-corrected chi connectivity index (χ0v) is 10.5. The van der Waals surface area contributed by atoms with Gasteiger partial charge in [-0.15, -0.1) is 0 Å². The van der Waals surface area contributed by atoms with Gasteiger partial charge in [-0.1, -0.05) is 29.8 Å². The van der Waals surface area contributed by atoms with Crippen LogP contribution in [0.3, 0.4) is 0 Å². The molecule has 4 heteroatoms. The van der Waals surface area contributed by atoms with Crippen molar-refractivity contribution in [1.82, 2.24) is 14.8 Å². The lowest BCUT2D eigenvalue weighted by Gasteiger charge is -2.07. The number of alkyl halides is 1. The Kier molecular flexibility index (Phi) is 5.15. The van der Waals surface area contributed by atoms with Crippen LogP contribution in [0, 0.1) is 0 Å². The summed E-state index contributed by atoms with van der Waals surface area (Å²) in [5.41, 5.74) is 0. The molecule has 14 heavy (non-hydrogen) atoms. The maximum atomic E-state index is 4.27. The van der Waals surface area contributed by atoms with Crippen LogP contribution >= 0.6 is 15.9 Å². The molecule has 0 saturated heterocycles. The highest BCUT2D eigenvalue weighted by Gasteiger charge is 2.06. The van der Waals surface area contributed by atoms with Crippen molar-refractivity contribution in [2.45, 2.75) is 50.9 Å². The van der Waals surface area contributed by atoms with E-state index in [-0.39, 0.29) is 0 Å². The molecule has 1 unspecified atom stereocenters. The van der Waals surface area contributed by atoms with Crippen molar-refractivity contribution in [2.24, 2.45) is 0 Å². The van der Waals surface area contributed by atoms with Crippen molar-refractivity contribution in [3.8, 4) is 0 Å². The third kappa shape index (κ3) is 3.40. The van der Waals surface area contributed by atoms with Gasteiger partial charge >= 0.3 is 0 Å². The van der Waals surface area contributed by atoms with Crippen molar-refractivity contribution in [3.05, 3.63) is 12.2 Å². The number of aromatic nitrogens is 3. The van der Waals surface area contributed by atoms with Gasteiger partial charge in [-0.05, 0) is 19.3 Å². The Morgan fingerprint density at radius 3 is 2.93 bits per heavy atom. The Hall–Kier alpha value is -0.380. The van der Waals surface area contributed by atoms with Gasteiger partial charge < -0.3 is 0 Å². The summed E-state index contributed by atoms with van der Waals surface area (Å²) < 4.78 is 2.01. The van der Waals surface area contributed by atoms with E-state index >= 15 is 0 Å². The van der Waals surface area contributed by atoms with Crippen LogP contribution in [0.5, 0.6) is 0 Å². The van der Waals surface area contributed by atoms with Gasteiger partial charge in [0.05, 0.1) is 0 Å². The van der Waals surface area contributed by atoms with Crippen LogP contribution in [-0.4, -0.2) is 19.6 Å². The maximum absolute atomic E-state index is 4.27. The van der Waals surface area contributed by atoms with Crippen LogP contribution in [0.4, 0.5) is 0 Å². The van der Waals surface area contributed by atoms with Crippen LogP contribution in [0.25, 0.3) is 0 Å². The second kappa shape index (κ2) is 6.17. The minimum Gasteiger partial charge on any atom is -0.250 e. The fourth-order valence-corrected chi connectivity index (χ4v) is 1.60. The molecule has 0 amide bonds. The molecule has 1 rings (SSSR count). The first-order chi connectivity index (χ1) is 6.77. The summed E-state index contributed by atoms with van der Waals surface area (Å²) in [7, 11) is 0. The van der Waals surface area contributed by atoms with E-state index < -0.39 is 0 Å². The molecule has 0 bridgehead atoms. The van der Waals surface area contributed by atoms with Gasteiger partial charge in [0.15, 0.2) is 0 Å². The largest absolute Gasteiger partial charge is 0.250 e. The minimum atomic E-state index is 0.606. The molecule has 0 saturated carbocycles. The van der Waals surface area contributed by atoms with E-state index in [2.05, 4.69) is 39.9 Å². The van der Waals surface area contributed by atoms with Crippen molar-refractivity contribution in [3.63, 3.8) is 0 Å². The molecule has 0 aliphatic rings. The molecule has 3 nitrogen and oxygen atoms in total. The summed E-state index contributed by atoms with van der Waals surface area (Å²) in [6.45, 7) is 5.33. The predicted molar refractivity (Wildman–Crippen MR) is 61.6 cm³/mol. The van der Waals surface area contributed by atoms with Gasteiger partial charge in [0.2, 0.25) is 0 Å². The molecule has 1 aromatic rings. The summed E-state index contributed by atoms with van der Waals surface area (Å²) >= 11 is 3.63. The molecule has 0 N–H and O–H groups in total. The fourth-order valence-electron chi connectivity index (χ4n) is 1.37. The van der Waals surface area contributed by atoms with Gasteiger partial charge in [0.25, 0.3) is 0 Å². The monoisotopic (exact) mass is 259 g/mol. The highest BCUT2D eigenvalue weighted by Crippen LogP contribution is 2.12. The van der Waals surface area contributed by atoms with E-state index in [0.29, 0.717) is 4.83 Å². The Balaban J connectivity index is 2.45. The number of halogens is 1. The lowest BCUT2D eigenvalue weighted by molar-refractivity contribution is 0.558. The van der Waals surface area contributed by atoms with Gasteiger partial charge in [0, 0.05) is 17.8 Å². The summed E-state index contributed by atoms with van der Waals surface area (Å²) in [6.07, 6.45) is 6.09. The molecule has 1 atom stereocenters. The second-order valence-electron chi connectivity index (χ2n) is 3.44. The molecule has 0 aliphatic heterocycles. The zero-order chi connectivity index (χ0) is 10.4. The molecular weight excluding hydrogens is 242 g/mol. The van der Waals surface area contributed by atoms with E-state index in [1.807, 2.05) is 4.68 Å². The number of aryl methyl sites for hydroxylation is 2. The predicted octanol–water partition coefficient (Wildman–Crippen LogP) is 2.79. The summed E-state index contributed by atoms with van der Waals surface area (Å²) in [6, 6.07) is 0. The molecule has 0 radical (unpaired) electrons. The van der Waals surface area contributed by atoms with Crippen LogP contribution in [0.1, 0.15) is 38.9 Å². The zero-order valence-electron chi connectivity index (χ0n) is 8.91. The van der Waals surface area contributed by atoms with Crippen LogP contribution in [0.15, 0.2) is 6.33 Å². The fraction of sp³-hybridized carbons (Fsp3) is 0.800. The minimum absolute atomic E-state index is 0.606. The second-order valence-corrected chi connectivity index (χ2v) is 4.74. The molecule has 1 heterocycles. The van der Waals surface area contributed by atoms with E-state index in [9.17, 15) is 0 Å². The van der Waals surface area contributed by atoms with E-state index in [1.165, 1.54) is 6.42 Å². The first kappa shape index (κ1) is 11.7. The number of rotatable bonds is 6. The average Bonchev–Trinajstić information content (AvgIpc) is 2.62. The van der Waals surface area contributed by atoms with Crippen molar-refractivity contribution < 1.29 is 0 Å². The van der Waals surface area contributed by atoms with Crippen LogP contribution in [-0.2, 0) is 13.0 Å². The number of nitrogens with zero attached hydrogens (tertiary/aromatic N) is 3.